The van der Waals surface area contributed by atoms with E-state index in [0.717, 1.165) is 5.94 Å². The summed E-state index contributed by atoms with van der Waals surface area (Å²) in [5, 5.41) is 1.29. The first-order valence-electron chi connectivity index (χ1n) is 2.98. The van der Waals surface area contributed by atoms with E-state index in [1.807, 2.05) is 11.8 Å². The Morgan fingerprint density at radius 1 is 1.62 bits per heavy atom. The normalized spacial score (nSPS) is 9.88. The van der Waals surface area contributed by atoms with E-state index in [1.165, 1.54) is 17.3 Å². The van der Waals surface area contributed by atoms with Crippen LogP contribution in [0.3, 0.4) is 0 Å². The van der Waals surface area contributed by atoms with Gasteiger partial charge in [-0.2, -0.15) is 0 Å². The SMILES string of the molecule is [Li][CH2]CCSCOC. The van der Waals surface area contributed by atoms with Crippen molar-refractivity contribution in [1.82, 2.24) is 0 Å². The first kappa shape index (κ1) is 8.91. The predicted molar refractivity (Wildman–Crippen MR) is 39.5 cm³/mol. The van der Waals surface area contributed by atoms with Gasteiger partial charge >= 0.3 is 64.5 Å². The maximum atomic E-state index is 4.85. The van der Waals surface area contributed by atoms with Crippen molar-refractivity contribution in [1.29, 1.82) is 0 Å². The van der Waals surface area contributed by atoms with E-state index in [1.54, 1.807) is 7.11 Å². The van der Waals surface area contributed by atoms with E-state index >= 15 is 0 Å². The van der Waals surface area contributed by atoms with Crippen molar-refractivity contribution in [2.45, 2.75) is 11.5 Å². The quantitative estimate of drug-likeness (QED) is 0.312. The van der Waals surface area contributed by atoms with Crippen LogP contribution >= 0.6 is 11.8 Å². The fraction of sp³-hybridized carbons (Fsp3) is 1.00. The molecule has 0 aromatic carbocycles. The average Bonchev–Trinajstić information content (AvgIpc) is 1.81. The van der Waals surface area contributed by atoms with Gasteiger partial charge < -0.3 is 0 Å². The minimum absolute atomic E-state index is 0.847. The van der Waals surface area contributed by atoms with Crippen molar-refractivity contribution >= 4 is 29.5 Å². The molecule has 0 N–H and O–H groups in total. The molecule has 1 nitrogen and oxygen atoms in total. The molecular weight excluding hydrogens is 115 g/mol. The van der Waals surface area contributed by atoms with E-state index in [-0.39, 0.29) is 0 Å². The zero-order valence-corrected chi connectivity index (χ0v) is 6.46. The number of thioether (sulfide) groups is 1. The summed E-state index contributed by atoms with van der Waals surface area (Å²) < 4.78 is 4.85. The number of methoxy groups -OCH3 is 1. The molecule has 0 fully saturated rings. The molecule has 44 valence electrons. The summed E-state index contributed by atoms with van der Waals surface area (Å²) >= 11 is 4.06. The third-order valence-electron chi connectivity index (χ3n) is 0.843. The van der Waals surface area contributed by atoms with Crippen LogP contribution in [0, 0.1) is 0 Å². The molecule has 0 amide bonds. The molecular formula is C5H11LiOS. The van der Waals surface area contributed by atoms with Crippen molar-refractivity contribution < 1.29 is 4.74 Å². The molecule has 0 aliphatic rings. The van der Waals surface area contributed by atoms with Gasteiger partial charge in [0.05, 0.1) is 0 Å². The molecule has 0 aromatic rings. The van der Waals surface area contributed by atoms with E-state index in [9.17, 15) is 0 Å². The second-order valence-electron chi connectivity index (χ2n) is 1.67. The first-order chi connectivity index (χ1) is 3.91. The Balaban J connectivity index is 2.53. The molecule has 0 aliphatic carbocycles. The Bertz CT molecular complexity index is 37.4. The molecule has 0 rings (SSSR count). The van der Waals surface area contributed by atoms with Crippen LogP contribution in [0.5, 0.6) is 0 Å². The Labute approximate surface area is 64.8 Å². The molecule has 0 radical (unpaired) electrons. The van der Waals surface area contributed by atoms with Crippen LogP contribution in [0.4, 0.5) is 0 Å². The molecule has 0 saturated heterocycles. The third kappa shape index (κ3) is 6.91. The van der Waals surface area contributed by atoms with E-state index in [0.29, 0.717) is 0 Å². The van der Waals surface area contributed by atoms with Gasteiger partial charge in [-0.05, 0) is 0 Å². The summed E-state index contributed by atoms with van der Waals surface area (Å²) in [5.41, 5.74) is 0. The summed E-state index contributed by atoms with van der Waals surface area (Å²) in [7, 11) is 1.74. The van der Waals surface area contributed by atoms with Gasteiger partial charge in [-0.3, -0.25) is 0 Å². The van der Waals surface area contributed by atoms with Gasteiger partial charge in [0.25, 0.3) is 0 Å². The number of ether oxygens (including phenoxy) is 1. The Kier molecular flexibility index (Phi) is 8.80. The van der Waals surface area contributed by atoms with Crippen LogP contribution in [0.1, 0.15) is 6.42 Å². The zero-order valence-electron chi connectivity index (χ0n) is 5.64. The van der Waals surface area contributed by atoms with Crippen molar-refractivity contribution in [2.75, 3.05) is 18.8 Å². The van der Waals surface area contributed by atoms with Gasteiger partial charge in [-0.1, -0.05) is 0 Å². The van der Waals surface area contributed by atoms with Crippen LogP contribution in [-0.2, 0) is 4.74 Å². The van der Waals surface area contributed by atoms with Crippen LogP contribution in [-0.4, -0.2) is 36.5 Å². The standard InChI is InChI=1S/C5H11OS.Li/c1-3-4-7-5-6-2;/h1,3-5H2,2H3;. The van der Waals surface area contributed by atoms with E-state index < -0.39 is 0 Å². The van der Waals surface area contributed by atoms with Gasteiger partial charge in [-0.15, -0.1) is 0 Å². The second-order valence-corrected chi connectivity index (χ2v) is 2.72. The van der Waals surface area contributed by atoms with Gasteiger partial charge in [0.15, 0.2) is 0 Å². The van der Waals surface area contributed by atoms with Crippen LogP contribution < -0.4 is 0 Å². The Morgan fingerprint density at radius 2 is 2.38 bits per heavy atom. The molecule has 0 aromatic heterocycles. The van der Waals surface area contributed by atoms with Crippen molar-refractivity contribution in [2.24, 2.45) is 0 Å². The van der Waals surface area contributed by atoms with Crippen LogP contribution in [0.25, 0.3) is 0 Å². The molecule has 0 bridgehead atoms. The third-order valence-corrected chi connectivity index (χ3v) is 1.82. The molecule has 0 heterocycles. The number of rotatable bonds is 5. The topological polar surface area (TPSA) is 9.23 Å². The average molecular weight is 126 g/mol. The van der Waals surface area contributed by atoms with Gasteiger partial charge in [0, 0.05) is 0 Å². The van der Waals surface area contributed by atoms with Gasteiger partial charge in [0.1, 0.15) is 0 Å². The molecule has 3 heteroatoms. The predicted octanol–water partition coefficient (Wildman–Crippen LogP) is 1.30. The number of hydrogen-bond donors (Lipinski definition) is 0. The van der Waals surface area contributed by atoms with Crippen LogP contribution in [0.15, 0.2) is 0 Å². The fourth-order valence-electron chi connectivity index (χ4n) is 0.389. The monoisotopic (exact) mass is 126 g/mol. The van der Waals surface area contributed by atoms with E-state index in [4.69, 9.17) is 4.74 Å². The first-order valence-corrected chi connectivity index (χ1v) is 4.14. The zero-order chi connectivity index (χ0) is 6.24. The summed E-state index contributed by atoms with van der Waals surface area (Å²) in [4.78, 5) is 0. The maximum absolute atomic E-state index is 4.85. The molecule has 0 unspecified atom stereocenters. The molecule has 8 heavy (non-hydrogen) atoms. The summed E-state index contributed by atoms with van der Waals surface area (Å²) in [6, 6.07) is 0. The van der Waals surface area contributed by atoms with Crippen molar-refractivity contribution in [3.05, 3.63) is 0 Å². The fourth-order valence-corrected chi connectivity index (χ4v) is 1.17. The molecule has 0 saturated carbocycles. The minimum atomic E-state index is 0.847. The molecule has 0 atom stereocenters. The summed E-state index contributed by atoms with van der Waals surface area (Å²) in [5.74, 6) is 2.09. The molecule has 0 aliphatic heterocycles. The summed E-state index contributed by atoms with van der Waals surface area (Å²) in [6.45, 7) is 0. The summed E-state index contributed by atoms with van der Waals surface area (Å²) in [6.07, 6.45) is 1.31. The van der Waals surface area contributed by atoms with E-state index in [2.05, 4.69) is 17.7 Å². The van der Waals surface area contributed by atoms with Crippen LogP contribution in [0.2, 0.25) is 5.09 Å². The number of hydrogen-bond acceptors (Lipinski definition) is 2. The second kappa shape index (κ2) is 7.91. The Hall–Kier alpha value is 0.907. The van der Waals surface area contributed by atoms with Crippen molar-refractivity contribution in [3.8, 4) is 0 Å². The van der Waals surface area contributed by atoms with Gasteiger partial charge in [-0.25, -0.2) is 0 Å². The molecule has 0 spiro atoms. The Morgan fingerprint density at radius 3 is 2.88 bits per heavy atom. The van der Waals surface area contributed by atoms with Crippen molar-refractivity contribution in [3.63, 3.8) is 0 Å². The van der Waals surface area contributed by atoms with Gasteiger partial charge in [0.2, 0.25) is 0 Å².